The standard InChI is InChI=1S/C59H32N4O3/c1-3-15-35-31-47-43(29-33(35)13-1)37-17-5-8-22-45(37)63(47)46-28-27-42(55-44-30-34-14-2-4-16-36(34)32-52(44)66-56(46)55)59-61-57(40-20-11-25-50-53(40)38-18-6-9-23-48(38)64-50)60-58(62-59)41-21-12-26-51-54(41)39-19-7-10-24-49(39)65-51/h1-32H. The number of furan rings is 3. The van der Waals surface area contributed by atoms with E-state index in [9.17, 15) is 0 Å². The number of fused-ring (bicyclic) bond motifs is 14. The molecule has 0 bridgehead atoms. The molecule has 0 aliphatic heterocycles. The van der Waals surface area contributed by atoms with Gasteiger partial charge in [0.1, 0.15) is 27.9 Å². The quantitative estimate of drug-likeness (QED) is 0.175. The summed E-state index contributed by atoms with van der Waals surface area (Å²) in [5.41, 5.74) is 10.3. The lowest BCUT2D eigenvalue weighted by Gasteiger charge is -2.13. The highest BCUT2D eigenvalue weighted by atomic mass is 16.3. The summed E-state index contributed by atoms with van der Waals surface area (Å²) in [7, 11) is 0. The van der Waals surface area contributed by atoms with Crippen LogP contribution >= 0.6 is 0 Å². The van der Waals surface area contributed by atoms with E-state index in [1.54, 1.807) is 0 Å². The maximum Gasteiger partial charge on any atom is 0.164 e. The summed E-state index contributed by atoms with van der Waals surface area (Å²) in [6.45, 7) is 0. The predicted molar refractivity (Wildman–Crippen MR) is 267 cm³/mol. The molecule has 0 spiro atoms. The molecule has 0 saturated carbocycles. The molecule has 10 aromatic carbocycles. The molecule has 5 heterocycles. The van der Waals surface area contributed by atoms with Crippen molar-refractivity contribution < 1.29 is 13.3 Å². The van der Waals surface area contributed by atoms with E-state index in [1.807, 2.05) is 60.7 Å². The van der Waals surface area contributed by atoms with Gasteiger partial charge in [-0.2, -0.15) is 0 Å². The van der Waals surface area contributed by atoms with Crippen molar-refractivity contribution in [3.63, 3.8) is 0 Å². The van der Waals surface area contributed by atoms with Crippen LogP contribution in [-0.4, -0.2) is 19.5 Å². The first-order chi connectivity index (χ1) is 32.7. The molecular formula is C59H32N4O3. The largest absolute Gasteiger partial charge is 0.456 e. The zero-order valence-electron chi connectivity index (χ0n) is 35.0. The molecule has 5 aromatic heterocycles. The molecule has 0 N–H and O–H groups in total. The second-order valence-corrected chi connectivity index (χ2v) is 17.1. The maximum absolute atomic E-state index is 7.17. The first-order valence-corrected chi connectivity index (χ1v) is 22.1. The van der Waals surface area contributed by atoms with Crippen LogP contribution in [0.5, 0.6) is 0 Å². The summed E-state index contributed by atoms with van der Waals surface area (Å²) in [4.78, 5) is 16.3. The van der Waals surface area contributed by atoms with Gasteiger partial charge in [-0.05, 0) is 88.3 Å². The van der Waals surface area contributed by atoms with Crippen LogP contribution in [-0.2, 0) is 0 Å². The molecular weight excluding hydrogens is 813 g/mol. The Bertz CT molecular complexity index is 4420. The van der Waals surface area contributed by atoms with Crippen LogP contribution in [0.3, 0.4) is 0 Å². The van der Waals surface area contributed by atoms with E-state index in [4.69, 9.17) is 28.2 Å². The number of rotatable bonds is 4. The first-order valence-electron chi connectivity index (χ1n) is 22.1. The number of hydrogen-bond acceptors (Lipinski definition) is 6. The lowest BCUT2D eigenvalue weighted by molar-refractivity contribution is 0.667. The van der Waals surface area contributed by atoms with Crippen LogP contribution in [0.15, 0.2) is 207 Å². The Morgan fingerprint density at radius 1 is 0.303 bits per heavy atom. The average molecular weight is 845 g/mol. The van der Waals surface area contributed by atoms with Crippen molar-refractivity contribution in [1.82, 2.24) is 19.5 Å². The molecule has 7 nitrogen and oxygen atoms in total. The third-order valence-electron chi connectivity index (χ3n) is 13.4. The Kier molecular flexibility index (Phi) is 7.10. The van der Waals surface area contributed by atoms with Crippen molar-refractivity contribution in [2.45, 2.75) is 0 Å². The summed E-state index contributed by atoms with van der Waals surface area (Å²) in [5, 5.41) is 12.7. The van der Waals surface area contributed by atoms with Crippen LogP contribution in [0.2, 0.25) is 0 Å². The highest BCUT2D eigenvalue weighted by molar-refractivity contribution is 6.20. The average Bonchev–Trinajstić information content (AvgIpc) is 4.13. The second kappa shape index (κ2) is 13.2. The molecule has 15 rings (SSSR count). The second-order valence-electron chi connectivity index (χ2n) is 17.1. The predicted octanol–water partition coefficient (Wildman–Crippen LogP) is 16.0. The van der Waals surface area contributed by atoms with Gasteiger partial charge in [0.2, 0.25) is 0 Å². The Labute approximate surface area is 374 Å². The first kappa shape index (κ1) is 35.4. The van der Waals surface area contributed by atoms with Gasteiger partial charge in [0.15, 0.2) is 23.1 Å². The summed E-state index contributed by atoms with van der Waals surface area (Å²) >= 11 is 0. The molecule has 0 aliphatic rings. The summed E-state index contributed by atoms with van der Waals surface area (Å²) < 4.78 is 22.3. The Morgan fingerprint density at radius 3 is 1.41 bits per heavy atom. The number of para-hydroxylation sites is 3. The van der Waals surface area contributed by atoms with Gasteiger partial charge < -0.3 is 17.8 Å². The molecule has 0 radical (unpaired) electrons. The zero-order chi connectivity index (χ0) is 43.0. The van der Waals surface area contributed by atoms with E-state index in [2.05, 4.69) is 138 Å². The van der Waals surface area contributed by atoms with Gasteiger partial charge >= 0.3 is 0 Å². The lowest BCUT2D eigenvalue weighted by Crippen LogP contribution is -2.02. The molecule has 306 valence electrons. The number of hydrogen-bond donors (Lipinski definition) is 0. The molecule has 0 fully saturated rings. The van der Waals surface area contributed by atoms with Gasteiger partial charge in [-0.3, -0.25) is 0 Å². The third-order valence-corrected chi connectivity index (χ3v) is 13.4. The minimum absolute atomic E-state index is 0.519. The maximum atomic E-state index is 7.17. The van der Waals surface area contributed by atoms with Crippen LogP contribution in [0, 0.1) is 0 Å². The van der Waals surface area contributed by atoms with Crippen molar-refractivity contribution in [2.75, 3.05) is 0 Å². The normalized spacial score (nSPS) is 12.2. The van der Waals surface area contributed by atoms with E-state index >= 15 is 0 Å². The molecule has 0 atom stereocenters. The fraction of sp³-hybridized carbons (Fsp3) is 0. The summed E-state index contributed by atoms with van der Waals surface area (Å²) in [5.74, 6) is 1.58. The third kappa shape index (κ3) is 4.99. The van der Waals surface area contributed by atoms with Gasteiger partial charge in [-0.25, -0.2) is 15.0 Å². The van der Waals surface area contributed by atoms with Crippen molar-refractivity contribution in [2.24, 2.45) is 0 Å². The topological polar surface area (TPSA) is 83.0 Å². The number of nitrogens with zero attached hydrogens (tertiary/aromatic N) is 4. The molecule has 0 unspecified atom stereocenters. The molecule has 15 aromatic rings. The highest BCUT2D eigenvalue weighted by Crippen LogP contribution is 2.45. The van der Waals surface area contributed by atoms with Gasteiger partial charge in [0.25, 0.3) is 0 Å². The van der Waals surface area contributed by atoms with E-state index in [0.717, 1.165) is 110 Å². The number of aromatic nitrogens is 4. The van der Waals surface area contributed by atoms with Crippen molar-refractivity contribution in [1.29, 1.82) is 0 Å². The van der Waals surface area contributed by atoms with Crippen LogP contribution < -0.4 is 0 Å². The van der Waals surface area contributed by atoms with Crippen molar-refractivity contribution in [3.05, 3.63) is 194 Å². The van der Waals surface area contributed by atoms with Crippen molar-refractivity contribution in [3.8, 4) is 39.9 Å². The Morgan fingerprint density at radius 2 is 0.788 bits per heavy atom. The minimum Gasteiger partial charge on any atom is -0.456 e. The van der Waals surface area contributed by atoms with Gasteiger partial charge in [0, 0.05) is 59.8 Å². The monoisotopic (exact) mass is 844 g/mol. The molecule has 0 saturated heterocycles. The number of benzene rings is 10. The minimum atomic E-state index is 0.519. The molecule has 7 heteroatoms. The van der Waals surface area contributed by atoms with Gasteiger partial charge in [-0.15, -0.1) is 0 Å². The van der Waals surface area contributed by atoms with Crippen LogP contribution in [0.25, 0.3) is 149 Å². The van der Waals surface area contributed by atoms with E-state index in [1.165, 1.54) is 21.5 Å². The smallest absolute Gasteiger partial charge is 0.164 e. The lowest BCUT2D eigenvalue weighted by atomic mass is 10.0. The fourth-order valence-electron chi connectivity index (χ4n) is 10.5. The highest BCUT2D eigenvalue weighted by Gasteiger charge is 2.25. The Hall–Kier alpha value is -9.07. The fourth-order valence-corrected chi connectivity index (χ4v) is 10.5. The van der Waals surface area contributed by atoms with Gasteiger partial charge in [-0.1, -0.05) is 127 Å². The molecule has 0 aliphatic carbocycles. The molecule has 0 amide bonds. The summed E-state index contributed by atoms with van der Waals surface area (Å²) in [6, 6.07) is 67.3. The summed E-state index contributed by atoms with van der Waals surface area (Å²) in [6.07, 6.45) is 0. The van der Waals surface area contributed by atoms with E-state index in [-0.39, 0.29) is 0 Å². The van der Waals surface area contributed by atoms with Crippen molar-refractivity contribution >= 4 is 109 Å². The molecule has 66 heavy (non-hydrogen) atoms. The van der Waals surface area contributed by atoms with Gasteiger partial charge in [0.05, 0.1) is 16.7 Å². The zero-order valence-corrected chi connectivity index (χ0v) is 35.0. The van der Waals surface area contributed by atoms with Crippen LogP contribution in [0.1, 0.15) is 0 Å². The van der Waals surface area contributed by atoms with E-state index < -0.39 is 0 Å². The van der Waals surface area contributed by atoms with E-state index in [0.29, 0.717) is 17.5 Å². The van der Waals surface area contributed by atoms with Crippen LogP contribution in [0.4, 0.5) is 0 Å². The SMILES string of the molecule is c1ccc2cc3c(cc2c1)oc1c(-n2c4ccccc4c4cc5ccccc5cc42)ccc(-c2nc(-c4cccc5oc6ccccc6c45)nc(-c4cccc5oc6ccccc6c45)n2)c13. The Balaban J connectivity index is 1.07.